The smallest absolute Gasteiger partial charge is 0.236 e. The van der Waals surface area contributed by atoms with Crippen molar-refractivity contribution >= 4 is 30.7 Å². The highest BCUT2D eigenvalue weighted by molar-refractivity contribution is 5.85. The molecule has 1 atom stereocenters. The summed E-state index contributed by atoms with van der Waals surface area (Å²) < 4.78 is 0. The molecule has 0 aromatic carbocycles. The van der Waals surface area contributed by atoms with Gasteiger partial charge in [-0.3, -0.25) is 9.69 Å². The number of hydrogen-bond acceptors (Lipinski definition) is 3. The van der Waals surface area contributed by atoms with Crippen molar-refractivity contribution < 1.29 is 4.79 Å². The first-order valence-electron chi connectivity index (χ1n) is 6.25. The summed E-state index contributed by atoms with van der Waals surface area (Å²) in [4.78, 5) is 16.1. The molecular formula is C12H27Cl2N3O. The molecular weight excluding hydrogens is 273 g/mol. The van der Waals surface area contributed by atoms with Gasteiger partial charge in [0.2, 0.25) is 5.91 Å². The van der Waals surface area contributed by atoms with Gasteiger partial charge >= 0.3 is 0 Å². The lowest BCUT2D eigenvalue weighted by atomic mass is 9.90. The van der Waals surface area contributed by atoms with Crippen molar-refractivity contribution in [1.29, 1.82) is 0 Å². The maximum atomic E-state index is 12.0. The Morgan fingerprint density at radius 3 is 2.28 bits per heavy atom. The second-order valence-electron chi connectivity index (χ2n) is 5.04. The predicted molar refractivity (Wildman–Crippen MR) is 80.6 cm³/mol. The predicted octanol–water partition coefficient (Wildman–Crippen LogP) is 1.37. The van der Waals surface area contributed by atoms with E-state index in [4.69, 9.17) is 5.73 Å². The number of amides is 1. The lowest BCUT2D eigenvalue weighted by Crippen LogP contribution is -2.40. The van der Waals surface area contributed by atoms with Gasteiger partial charge in [-0.1, -0.05) is 20.8 Å². The molecule has 0 bridgehead atoms. The van der Waals surface area contributed by atoms with Crippen LogP contribution in [0.2, 0.25) is 0 Å². The molecule has 1 unspecified atom stereocenters. The summed E-state index contributed by atoms with van der Waals surface area (Å²) >= 11 is 0. The molecule has 4 nitrogen and oxygen atoms in total. The molecule has 1 amide bonds. The lowest BCUT2D eigenvalue weighted by Gasteiger charge is -2.25. The van der Waals surface area contributed by atoms with E-state index < -0.39 is 0 Å². The van der Waals surface area contributed by atoms with Crippen LogP contribution < -0.4 is 5.73 Å². The van der Waals surface area contributed by atoms with Crippen molar-refractivity contribution in [3.05, 3.63) is 0 Å². The number of likely N-dealkylation sites (tertiary alicyclic amines) is 1. The van der Waals surface area contributed by atoms with E-state index in [9.17, 15) is 4.79 Å². The molecule has 1 heterocycles. The summed E-state index contributed by atoms with van der Waals surface area (Å²) in [5.41, 5.74) is 5.87. The third-order valence-electron chi connectivity index (χ3n) is 3.66. The zero-order valence-corrected chi connectivity index (χ0v) is 13.3. The normalized spacial score (nSPS) is 22.6. The number of nitrogens with two attached hydrogens (primary N) is 1. The molecule has 2 N–H and O–H groups in total. The molecule has 1 rings (SSSR count). The van der Waals surface area contributed by atoms with Gasteiger partial charge in [0.15, 0.2) is 0 Å². The minimum Gasteiger partial charge on any atom is -0.341 e. The van der Waals surface area contributed by atoms with E-state index in [0.29, 0.717) is 13.1 Å². The van der Waals surface area contributed by atoms with E-state index in [0.717, 1.165) is 32.6 Å². The SMILES string of the molecule is CCN(CC)CC(=O)N1CCC(C)(CN)C1.Cl.Cl. The van der Waals surface area contributed by atoms with Crippen LogP contribution >= 0.6 is 24.8 Å². The van der Waals surface area contributed by atoms with E-state index in [1.54, 1.807) is 0 Å². The maximum Gasteiger partial charge on any atom is 0.236 e. The molecule has 1 aliphatic heterocycles. The number of nitrogens with zero attached hydrogens (tertiary/aromatic N) is 2. The third kappa shape index (κ3) is 5.31. The van der Waals surface area contributed by atoms with Crippen molar-refractivity contribution in [2.24, 2.45) is 11.1 Å². The van der Waals surface area contributed by atoms with Crippen molar-refractivity contribution in [2.75, 3.05) is 39.3 Å². The number of carbonyl (C=O) groups excluding carboxylic acids is 1. The highest BCUT2D eigenvalue weighted by Gasteiger charge is 2.34. The van der Waals surface area contributed by atoms with Gasteiger partial charge in [-0.25, -0.2) is 0 Å². The highest BCUT2D eigenvalue weighted by atomic mass is 35.5. The van der Waals surface area contributed by atoms with Gasteiger partial charge in [0.25, 0.3) is 0 Å². The molecule has 110 valence electrons. The van der Waals surface area contributed by atoms with Crippen LogP contribution in [0.1, 0.15) is 27.2 Å². The Bertz CT molecular complexity index is 249. The lowest BCUT2D eigenvalue weighted by molar-refractivity contribution is -0.131. The van der Waals surface area contributed by atoms with Crippen molar-refractivity contribution in [3.8, 4) is 0 Å². The summed E-state index contributed by atoms with van der Waals surface area (Å²) in [5, 5.41) is 0. The first-order valence-corrected chi connectivity index (χ1v) is 6.25. The highest BCUT2D eigenvalue weighted by Crippen LogP contribution is 2.28. The molecule has 1 saturated heterocycles. The minimum atomic E-state index is 0. The Balaban J connectivity index is 0. The summed E-state index contributed by atoms with van der Waals surface area (Å²) in [6.45, 7) is 11.1. The Kier molecular flexibility index (Phi) is 10.1. The first kappa shape index (κ1) is 20.3. The number of halogens is 2. The summed E-state index contributed by atoms with van der Waals surface area (Å²) in [7, 11) is 0. The average Bonchev–Trinajstić information content (AvgIpc) is 2.69. The Labute approximate surface area is 123 Å². The molecule has 18 heavy (non-hydrogen) atoms. The van der Waals surface area contributed by atoms with E-state index in [1.807, 2.05) is 4.90 Å². The fraction of sp³-hybridized carbons (Fsp3) is 0.917. The summed E-state index contributed by atoms with van der Waals surface area (Å²) in [6, 6.07) is 0. The van der Waals surface area contributed by atoms with Gasteiger partial charge < -0.3 is 10.6 Å². The van der Waals surface area contributed by atoms with Crippen molar-refractivity contribution in [2.45, 2.75) is 27.2 Å². The van der Waals surface area contributed by atoms with Crippen LogP contribution in [0.15, 0.2) is 0 Å². The monoisotopic (exact) mass is 299 g/mol. The van der Waals surface area contributed by atoms with Crippen molar-refractivity contribution in [3.63, 3.8) is 0 Å². The van der Waals surface area contributed by atoms with Crippen molar-refractivity contribution in [1.82, 2.24) is 9.80 Å². The molecule has 1 fully saturated rings. The minimum absolute atomic E-state index is 0. The molecule has 0 aromatic rings. The van der Waals surface area contributed by atoms with Gasteiger partial charge in [0.05, 0.1) is 6.54 Å². The van der Waals surface area contributed by atoms with Crippen LogP contribution in [-0.4, -0.2) is 55.0 Å². The number of carbonyl (C=O) groups is 1. The van der Waals surface area contributed by atoms with Crippen LogP contribution in [0.25, 0.3) is 0 Å². The quantitative estimate of drug-likeness (QED) is 0.834. The molecule has 0 saturated carbocycles. The van der Waals surface area contributed by atoms with E-state index in [2.05, 4.69) is 25.7 Å². The zero-order chi connectivity index (χ0) is 12.2. The number of rotatable bonds is 5. The van der Waals surface area contributed by atoms with Crippen LogP contribution in [0.5, 0.6) is 0 Å². The van der Waals surface area contributed by atoms with E-state index in [-0.39, 0.29) is 36.1 Å². The molecule has 0 radical (unpaired) electrons. The fourth-order valence-electron chi connectivity index (χ4n) is 2.14. The Hall–Kier alpha value is -0.0300. The average molecular weight is 300 g/mol. The maximum absolute atomic E-state index is 12.0. The van der Waals surface area contributed by atoms with Gasteiger partial charge in [0, 0.05) is 13.1 Å². The number of likely N-dealkylation sites (N-methyl/N-ethyl adjacent to an activating group) is 1. The van der Waals surface area contributed by atoms with Gasteiger partial charge in [-0.05, 0) is 31.5 Å². The van der Waals surface area contributed by atoms with Gasteiger partial charge in [-0.2, -0.15) is 0 Å². The summed E-state index contributed by atoms with van der Waals surface area (Å²) in [6.07, 6.45) is 1.04. The Morgan fingerprint density at radius 1 is 1.33 bits per heavy atom. The van der Waals surface area contributed by atoms with E-state index in [1.165, 1.54) is 0 Å². The molecule has 0 spiro atoms. The van der Waals surface area contributed by atoms with E-state index >= 15 is 0 Å². The molecule has 6 heteroatoms. The third-order valence-corrected chi connectivity index (χ3v) is 3.66. The second-order valence-corrected chi connectivity index (χ2v) is 5.04. The molecule has 1 aliphatic rings. The zero-order valence-electron chi connectivity index (χ0n) is 11.6. The first-order chi connectivity index (χ1) is 7.54. The summed E-state index contributed by atoms with van der Waals surface area (Å²) in [5.74, 6) is 0.251. The number of hydrogen-bond donors (Lipinski definition) is 1. The van der Waals surface area contributed by atoms with Gasteiger partial charge in [0.1, 0.15) is 0 Å². The standard InChI is InChI=1S/C12H25N3O.2ClH/c1-4-14(5-2)8-11(16)15-7-6-12(3,9-13)10-15;;/h4-10,13H2,1-3H3;2*1H. The molecule has 0 aliphatic carbocycles. The van der Waals surface area contributed by atoms with Crippen LogP contribution in [0, 0.1) is 5.41 Å². The fourth-order valence-corrected chi connectivity index (χ4v) is 2.14. The Morgan fingerprint density at radius 2 is 1.89 bits per heavy atom. The largest absolute Gasteiger partial charge is 0.341 e. The van der Waals surface area contributed by atoms with Crippen LogP contribution in [-0.2, 0) is 4.79 Å². The molecule has 0 aromatic heterocycles. The van der Waals surface area contributed by atoms with Crippen LogP contribution in [0.3, 0.4) is 0 Å². The van der Waals surface area contributed by atoms with Gasteiger partial charge in [-0.15, -0.1) is 24.8 Å². The topological polar surface area (TPSA) is 49.6 Å². The van der Waals surface area contributed by atoms with Crippen LogP contribution in [0.4, 0.5) is 0 Å². The second kappa shape index (κ2) is 8.97.